The Morgan fingerprint density at radius 1 is 0.750 bits per heavy atom. The summed E-state index contributed by atoms with van der Waals surface area (Å²) in [6, 6.07) is 36.2. The van der Waals surface area contributed by atoms with Crippen molar-refractivity contribution in [3.05, 3.63) is 103 Å². The molecule has 0 aliphatic carbocycles. The third-order valence-corrected chi connectivity index (χ3v) is 6.07. The molecule has 0 aliphatic rings. The molecule has 0 saturated heterocycles. The van der Waals surface area contributed by atoms with E-state index in [1.165, 1.54) is 27.5 Å². The first kappa shape index (κ1) is 25.2. The highest BCUT2D eigenvalue weighted by Gasteiger charge is 2.36. The minimum Gasteiger partial charge on any atom is -0.741 e. The first-order chi connectivity index (χ1) is 17.1. The molecule has 5 nitrogen and oxygen atoms in total. The van der Waals surface area contributed by atoms with E-state index in [2.05, 4.69) is 95.4 Å². The highest BCUT2D eigenvalue weighted by Crippen LogP contribution is 2.28. The molecular formula is C27H20F3NO4S. The van der Waals surface area contributed by atoms with Crippen molar-refractivity contribution < 1.29 is 35.3 Å². The van der Waals surface area contributed by atoms with Gasteiger partial charge in [0.05, 0.1) is 12.5 Å². The topological polar surface area (TPSA) is 70.5 Å². The number of hydrogen-bond acceptors (Lipinski definition) is 4. The molecule has 2 aromatic heterocycles. The monoisotopic (exact) mass is 511 g/mol. The predicted octanol–water partition coefficient (Wildman–Crippen LogP) is 5.97. The van der Waals surface area contributed by atoms with Gasteiger partial charge in [-0.3, -0.25) is 0 Å². The van der Waals surface area contributed by atoms with Gasteiger partial charge in [-0.15, -0.1) is 0 Å². The van der Waals surface area contributed by atoms with E-state index in [0.717, 1.165) is 17.0 Å². The van der Waals surface area contributed by atoms with Crippen molar-refractivity contribution in [1.82, 2.24) is 0 Å². The molecule has 0 bridgehead atoms. The van der Waals surface area contributed by atoms with Crippen molar-refractivity contribution in [3.8, 4) is 28.3 Å². The Morgan fingerprint density at radius 3 is 1.94 bits per heavy atom. The van der Waals surface area contributed by atoms with Gasteiger partial charge < -0.3 is 9.29 Å². The lowest BCUT2D eigenvalue weighted by atomic mass is 10.0. The molecule has 0 amide bonds. The third kappa shape index (κ3) is 5.17. The number of halogens is 3. The van der Waals surface area contributed by atoms with Crippen molar-refractivity contribution >= 4 is 26.4 Å². The molecule has 0 aliphatic heterocycles. The van der Waals surface area contributed by atoms with E-state index in [4.69, 9.17) is 17.7 Å². The van der Waals surface area contributed by atoms with Crippen molar-refractivity contribution in [2.24, 2.45) is 0 Å². The predicted molar refractivity (Wildman–Crippen MR) is 130 cm³/mol. The first-order valence-electron chi connectivity index (χ1n) is 10.7. The van der Waals surface area contributed by atoms with Gasteiger partial charge in [0.15, 0.2) is 10.1 Å². The maximum Gasteiger partial charge on any atom is 0.485 e. The van der Waals surface area contributed by atoms with E-state index in [-0.39, 0.29) is 0 Å². The number of aromatic nitrogens is 1. The van der Waals surface area contributed by atoms with Crippen LogP contribution in [0.2, 0.25) is 0 Å². The number of benzene rings is 3. The molecule has 2 heterocycles. The van der Waals surface area contributed by atoms with Gasteiger partial charge in [-0.05, 0) is 53.9 Å². The van der Waals surface area contributed by atoms with Crippen LogP contribution in [-0.2, 0) is 10.1 Å². The minimum absolute atomic E-state index is 0.864. The summed E-state index contributed by atoms with van der Waals surface area (Å²) in [5, 5.41) is 2.49. The average Bonchev–Trinajstić information content (AvgIpc) is 2.87. The average molecular weight is 512 g/mol. The largest absolute Gasteiger partial charge is 0.741 e. The van der Waals surface area contributed by atoms with Crippen molar-refractivity contribution in [2.75, 3.05) is 7.11 Å². The van der Waals surface area contributed by atoms with E-state index in [0.29, 0.717) is 0 Å². The van der Waals surface area contributed by atoms with Crippen LogP contribution in [0.4, 0.5) is 13.2 Å². The van der Waals surface area contributed by atoms with Crippen LogP contribution in [0.3, 0.4) is 0 Å². The molecule has 3 aromatic carbocycles. The van der Waals surface area contributed by atoms with E-state index in [1.54, 1.807) is 7.11 Å². The number of methoxy groups -OCH3 is 1. The minimum atomic E-state index is -6.09. The fourth-order valence-corrected chi connectivity index (χ4v) is 3.86. The van der Waals surface area contributed by atoms with Crippen LogP contribution in [-0.4, -0.2) is 25.6 Å². The second-order valence-corrected chi connectivity index (χ2v) is 9.11. The summed E-state index contributed by atoms with van der Waals surface area (Å²) in [4.78, 5) is 0. The van der Waals surface area contributed by atoms with Crippen LogP contribution < -0.4 is 9.14 Å². The SMILES string of the molecule is COc1ccc(-c2cccc3c4ccccc4cc(-c4ccccc4)[n+]23)cc1.O=S(=O)([O-])C(F)(F)F. The summed E-state index contributed by atoms with van der Waals surface area (Å²) in [5.74, 6) is 0.864. The van der Waals surface area contributed by atoms with Crippen molar-refractivity contribution in [1.29, 1.82) is 0 Å². The molecule has 0 atom stereocenters. The zero-order valence-electron chi connectivity index (χ0n) is 18.9. The van der Waals surface area contributed by atoms with E-state index in [9.17, 15) is 13.2 Å². The van der Waals surface area contributed by atoms with Crippen LogP contribution in [0.5, 0.6) is 5.75 Å². The summed E-state index contributed by atoms with van der Waals surface area (Å²) in [6.45, 7) is 0. The Kier molecular flexibility index (Phi) is 6.96. The quantitative estimate of drug-likeness (QED) is 0.129. The van der Waals surface area contributed by atoms with Crippen molar-refractivity contribution in [2.45, 2.75) is 5.51 Å². The highest BCUT2D eigenvalue weighted by atomic mass is 32.2. The lowest BCUT2D eigenvalue weighted by Crippen LogP contribution is -2.28. The normalized spacial score (nSPS) is 11.7. The van der Waals surface area contributed by atoms with Crippen LogP contribution in [0.15, 0.2) is 103 Å². The summed E-state index contributed by atoms with van der Waals surface area (Å²) in [5.41, 5.74) is 0.247. The molecule has 0 saturated carbocycles. The summed E-state index contributed by atoms with van der Waals surface area (Å²) < 4.78 is 66.6. The standard InChI is InChI=1S/C26H20NO.CHF3O3S/c1-28-22-16-14-20(15-17-22)24-12-7-13-25-23-11-6-5-10-21(23)18-26(27(24)25)19-8-3-2-4-9-19;2-1(3,4)8(5,6)7/h2-18H,1H3;(H,5,6,7)/q+1;/p-1. The molecule has 0 radical (unpaired) electrons. The molecule has 9 heteroatoms. The number of hydrogen-bond donors (Lipinski definition) is 0. The second-order valence-electron chi connectivity index (χ2n) is 7.74. The maximum atomic E-state index is 10.7. The molecule has 0 unspecified atom stereocenters. The summed E-state index contributed by atoms with van der Waals surface area (Å²) in [7, 11) is -4.39. The Balaban J connectivity index is 0.000000331. The Bertz CT molecular complexity index is 1620. The number of pyridine rings is 2. The Hall–Kier alpha value is -3.95. The maximum absolute atomic E-state index is 10.7. The van der Waals surface area contributed by atoms with Crippen LogP contribution in [0.25, 0.3) is 38.8 Å². The molecule has 0 N–H and O–H groups in total. The van der Waals surface area contributed by atoms with Gasteiger partial charge >= 0.3 is 5.51 Å². The summed E-state index contributed by atoms with van der Waals surface area (Å²) >= 11 is 0. The van der Waals surface area contributed by atoms with Gasteiger partial charge in [-0.25, -0.2) is 8.42 Å². The van der Waals surface area contributed by atoms with E-state index < -0.39 is 15.6 Å². The third-order valence-electron chi connectivity index (χ3n) is 5.50. The lowest BCUT2D eigenvalue weighted by molar-refractivity contribution is -0.485. The zero-order chi connectivity index (χ0) is 25.9. The molecule has 0 spiro atoms. The molecular weight excluding hydrogens is 491 g/mol. The van der Waals surface area contributed by atoms with Gasteiger partial charge in [-0.1, -0.05) is 36.4 Å². The molecule has 5 rings (SSSR count). The van der Waals surface area contributed by atoms with Gasteiger partial charge in [0.25, 0.3) is 0 Å². The Labute approximate surface area is 205 Å². The van der Waals surface area contributed by atoms with Gasteiger partial charge in [-0.2, -0.15) is 17.6 Å². The number of alkyl halides is 3. The van der Waals surface area contributed by atoms with Gasteiger partial charge in [0.2, 0.25) is 16.9 Å². The second kappa shape index (κ2) is 9.96. The number of ether oxygens (including phenoxy) is 1. The molecule has 5 aromatic rings. The molecule has 0 fully saturated rings. The Morgan fingerprint density at radius 2 is 1.33 bits per heavy atom. The van der Waals surface area contributed by atoms with Gasteiger partial charge in [0, 0.05) is 29.3 Å². The van der Waals surface area contributed by atoms with Crippen LogP contribution in [0.1, 0.15) is 0 Å². The van der Waals surface area contributed by atoms with Gasteiger partial charge in [0.1, 0.15) is 5.75 Å². The zero-order valence-corrected chi connectivity index (χ0v) is 19.8. The number of nitrogens with zero attached hydrogens (tertiary/aromatic N) is 1. The fraction of sp³-hybridized carbons (Fsp3) is 0.0741. The first-order valence-corrected chi connectivity index (χ1v) is 12.1. The molecule has 184 valence electrons. The smallest absolute Gasteiger partial charge is 0.485 e. The number of rotatable bonds is 3. The van der Waals surface area contributed by atoms with Crippen molar-refractivity contribution in [3.63, 3.8) is 0 Å². The molecule has 36 heavy (non-hydrogen) atoms. The number of fused-ring (bicyclic) bond motifs is 3. The summed E-state index contributed by atoms with van der Waals surface area (Å²) in [6.07, 6.45) is 0. The highest BCUT2D eigenvalue weighted by molar-refractivity contribution is 7.86. The van der Waals surface area contributed by atoms with Crippen LogP contribution >= 0.6 is 0 Å². The van der Waals surface area contributed by atoms with Crippen LogP contribution in [0, 0.1) is 0 Å². The lowest BCUT2D eigenvalue weighted by Gasteiger charge is -2.09. The van der Waals surface area contributed by atoms with E-state index in [1.807, 2.05) is 12.1 Å². The van der Waals surface area contributed by atoms with E-state index >= 15 is 0 Å². The fourth-order valence-electron chi connectivity index (χ4n) is 3.86.